The van der Waals surface area contributed by atoms with E-state index in [1.807, 2.05) is 0 Å². The number of hydrogen-bond acceptors (Lipinski definition) is 8. The quantitative estimate of drug-likeness (QED) is 0.307. The molecular formula is C15H13N3O7. The van der Waals surface area contributed by atoms with Crippen LogP contribution in [0.2, 0.25) is 0 Å². The van der Waals surface area contributed by atoms with E-state index in [-0.39, 0.29) is 36.0 Å². The van der Waals surface area contributed by atoms with Gasteiger partial charge in [0, 0.05) is 30.8 Å². The average Bonchev–Trinajstić information content (AvgIpc) is 2.61. The molecule has 130 valence electrons. The van der Waals surface area contributed by atoms with Crippen LogP contribution in [-0.2, 0) is 4.74 Å². The van der Waals surface area contributed by atoms with Crippen LogP contribution < -0.4 is 4.74 Å². The zero-order valence-electron chi connectivity index (χ0n) is 12.9. The number of hydrogen-bond donors (Lipinski definition) is 0. The Hall–Kier alpha value is -3.56. The number of carbonyl (C=O) groups is 1. The minimum absolute atomic E-state index is 0.0243. The molecule has 0 bridgehead atoms. The van der Waals surface area contributed by atoms with Crippen LogP contribution in [0.15, 0.2) is 42.6 Å². The predicted molar refractivity (Wildman–Crippen MR) is 84.4 cm³/mol. The largest absolute Gasteiger partial charge is 0.473 e. The van der Waals surface area contributed by atoms with Gasteiger partial charge in [-0.2, -0.15) is 0 Å². The van der Waals surface area contributed by atoms with Crippen LogP contribution in [0.25, 0.3) is 0 Å². The van der Waals surface area contributed by atoms with Gasteiger partial charge in [-0.15, -0.1) is 0 Å². The van der Waals surface area contributed by atoms with E-state index < -0.39 is 15.8 Å². The van der Waals surface area contributed by atoms with Crippen LogP contribution in [0.1, 0.15) is 16.8 Å². The summed E-state index contributed by atoms with van der Waals surface area (Å²) in [6.45, 7) is 0.0991. The fraction of sp³-hybridized carbons (Fsp3) is 0.200. The zero-order chi connectivity index (χ0) is 18.2. The summed E-state index contributed by atoms with van der Waals surface area (Å²) >= 11 is 0. The number of non-ortho nitro benzene ring substituents is 1. The van der Waals surface area contributed by atoms with E-state index in [0.29, 0.717) is 6.42 Å². The lowest BCUT2D eigenvalue weighted by Crippen LogP contribution is -2.10. The zero-order valence-corrected chi connectivity index (χ0v) is 12.9. The number of aromatic nitrogens is 1. The molecule has 2 aromatic rings. The number of nitro groups is 2. The molecule has 0 fully saturated rings. The Bertz CT molecular complexity index is 777. The summed E-state index contributed by atoms with van der Waals surface area (Å²) in [5.41, 5.74) is -0.181. The second-order valence-electron chi connectivity index (χ2n) is 4.73. The molecule has 1 aromatic heterocycles. The summed E-state index contributed by atoms with van der Waals surface area (Å²) < 4.78 is 10.2. The summed E-state index contributed by atoms with van der Waals surface area (Å²) in [5, 5.41) is 21.3. The third-order valence-electron chi connectivity index (χ3n) is 3.02. The third-order valence-corrected chi connectivity index (χ3v) is 3.02. The maximum atomic E-state index is 11.8. The minimum atomic E-state index is -0.626. The van der Waals surface area contributed by atoms with E-state index in [1.54, 1.807) is 0 Å². The maximum Gasteiger partial charge on any atom is 0.338 e. The van der Waals surface area contributed by atoms with Gasteiger partial charge in [0.15, 0.2) is 0 Å². The van der Waals surface area contributed by atoms with Gasteiger partial charge >= 0.3 is 11.7 Å². The highest BCUT2D eigenvalue weighted by Gasteiger charge is 2.15. The maximum absolute atomic E-state index is 11.8. The lowest BCUT2D eigenvalue weighted by Gasteiger charge is -2.06. The molecule has 1 aromatic carbocycles. The molecule has 0 amide bonds. The lowest BCUT2D eigenvalue weighted by atomic mass is 10.2. The highest BCUT2D eigenvalue weighted by Crippen LogP contribution is 2.22. The van der Waals surface area contributed by atoms with Crippen molar-refractivity contribution in [3.05, 3.63) is 68.4 Å². The summed E-state index contributed by atoms with van der Waals surface area (Å²) in [6, 6.07) is 7.72. The van der Waals surface area contributed by atoms with Crippen LogP contribution in [0.3, 0.4) is 0 Å². The molecule has 0 saturated carbocycles. The Morgan fingerprint density at radius 1 is 1.04 bits per heavy atom. The number of rotatable bonds is 8. The number of benzene rings is 1. The first-order valence-corrected chi connectivity index (χ1v) is 7.13. The van der Waals surface area contributed by atoms with Crippen molar-refractivity contribution < 1.29 is 24.1 Å². The molecule has 0 radical (unpaired) electrons. The summed E-state index contributed by atoms with van der Waals surface area (Å²) in [7, 11) is 0. The molecule has 0 aliphatic carbocycles. The van der Waals surface area contributed by atoms with Crippen LogP contribution >= 0.6 is 0 Å². The molecule has 0 unspecified atom stereocenters. The van der Waals surface area contributed by atoms with Crippen molar-refractivity contribution in [2.24, 2.45) is 0 Å². The van der Waals surface area contributed by atoms with Gasteiger partial charge in [-0.25, -0.2) is 9.78 Å². The number of carbonyl (C=O) groups excluding carboxylic acids is 1. The molecule has 0 aliphatic rings. The van der Waals surface area contributed by atoms with Gasteiger partial charge < -0.3 is 9.47 Å². The molecule has 0 N–H and O–H groups in total. The van der Waals surface area contributed by atoms with Crippen molar-refractivity contribution in [3.63, 3.8) is 0 Å². The molecule has 10 nitrogen and oxygen atoms in total. The number of nitro benzene ring substituents is 1. The first-order valence-electron chi connectivity index (χ1n) is 7.13. The number of esters is 1. The molecule has 0 aliphatic heterocycles. The molecule has 0 spiro atoms. The van der Waals surface area contributed by atoms with E-state index in [4.69, 9.17) is 9.47 Å². The second kappa shape index (κ2) is 8.34. The van der Waals surface area contributed by atoms with Gasteiger partial charge in [0.2, 0.25) is 0 Å². The standard InChI is InChI=1S/C15H13N3O7/c19-15(11-4-6-12(7-5-11)17(20)21)25-10-2-9-24-14-13(18(22)23)3-1-8-16-14/h1,3-8H,2,9-10H2. The first kappa shape index (κ1) is 17.8. The fourth-order valence-electron chi connectivity index (χ4n) is 1.83. The molecule has 1 heterocycles. The van der Waals surface area contributed by atoms with E-state index in [2.05, 4.69) is 4.98 Å². The topological polar surface area (TPSA) is 135 Å². The van der Waals surface area contributed by atoms with Crippen molar-refractivity contribution in [2.45, 2.75) is 6.42 Å². The summed E-state index contributed by atoms with van der Waals surface area (Å²) in [4.78, 5) is 35.7. The van der Waals surface area contributed by atoms with Gasteiger partial charge in [-0.1, -0.05) is 0 Å². The Labute approximate surface area is 141 Å². The SMILES string of the molecule is O=C(OCCCOc1ncccc1[N+](=O)[O-])c1ccc([N+](=O)[O-])cc1. The smallest absolute Gasteiger partial charge is 0.338 e. The van der Waals surface area contributed by atoms with Crippen molar-refractivity contribution in [1.82, 2.24) is 4.98 Å². The lowest BCUT2D eigenvalue weighted by molar-refractivity contribution is -0.386. The van der Waals surface area contributed by atoms with Crippen LogP contribution in [0, 0.1) is 20.2 Å². The predicted octanol–water partition coefficient (Wildman–Crippen LogP) is 2.52. The van der Waals surface area contributed by atoms with Gasteiger partial charge in [0.1, 0.15) is 0 Å². The van der Waals surface area contributed by atoms with E-state index >= 15 is 0 Å². The molecule has 25 heavy (non-hydrogen) atoms. The third kappa shape index (κ3) is 4.96. The van der Waals surface area contributed by atoms with Gasteiger partial charge in [0.25, 0.3) is 11.6 Å². The first-order chi connectivity index (χ1) is 12.0. The molecule has 0 saturated heterocycles. The number of pyridine rings is 1. The molecule has 0 atom stereocenters. The van der Waals surface area contributed by atoms with Crippen molar-refractivity contribution in [1.29, 1.82) is 0 Å². The van der Waals surface area contributed by atoms with E-state index in [1.165, 1.54) is 42.6 Å². The van der Waals surface area contributed by atoms with Crippen LogP contribution in [0.5, 0.6) is 5.88 Å². The van der Waals surface area contributed by atoms with Gasteiger partial charge in [0.05, 0.1) is 28.6 Å². The minimum Gasteiger partial charge on any atom is -0.473 e. The Kier molecular flexibility index (Phi) is 5.93. The highest BCUT2D eigenvalue weighted by molar-refractivity contribution is 5.89. The van der Waals surface area contributed by atoms with E-state index in [9.17, 15) is 25.0 Å². The Balaban J connectivity index is 1.77. The van der Waals surface area contributed by atoms with Crippen molar-refractivity contribution >= 4 is 17.3 Å². The fourth-order valence-corrected chi connectivity index (χ4v) is 1.83. The Morgan fingerprint density at radius 3 is 2.40 bits per heavy atom. The van der Waals surface area contributed by atoms with Crippen molar-refractivity contribution in [3.8, 4) is 5.88 Å². The highest BCUT2D eigenvalue weighted by atomic mass is 16.6. The van der Waals surface area contributed by atoms with Crippen LogP contribution in [0.4, 0.5) is 11.4 Å². The normalized spacial score (nSPS) is 10.1. The average molecular weight is 347 g/mol. The number of nitrogens with zero attached hydrogens (tertiary/aromatic N) is 3. The van der Waals surface area contributed by atoms with Gasteiger partial charge in [-0.3, -0.25) is 20.2 Å². The molecular weight excluding hydrogens is 334 g/mol. The monoisotopic (exact) mass is 347 g/mol. The number of ether oxygens (including phenoxy) is 2. The second-order valence-corrected chi connectivity index (χ2v) is 4.73. The summed E-state index contributed by atoms with van der Waals surface area (Å²) in [6.07, 6.45) is 1.67. The summed E-state index contributed by atoms with van der Waals surface area (Å²) in [5.74, 6) is -0.729. The van der Waals surface area contributed by atoms with Gasteiger partial charge in [-0.05, 0) is 18.2 Å². The van der Waals surface area contributed by atoms with Crippen molar-refractivity contribution in [2.75, 3.05) is 13.2 Å². The van der Waals surface area contributed by atoms with Crippen LogP contribution in [-0.4, -0.2) is 34.0 Å². The molecule has 10 heteroatoms. The molecule has 2 rings (SSSR count). The Morgan fingerprint density at radius 2 is 1.76 bits per heavy atom. The van der Waals surface area contributed by atoms with E-state index in [0.717, 1.165) is 0 Å².